The van der Waals surface area contributed by atoms with E-state index in [0.29, 0.717) is 22.4 Å². The minimum Gasteiger partial charge on any atom is -0.339 e. The first-order valence-corrected chi connectivity index (χ1v) is 8.41. The predicted molar refractivity (Wildman–Crippen MR) is 78.3 cm³/mol. The number of rotatable bonds is 4. The van der Waals surface area contributed by atoms with E-state index in [4.69, 9.17) is 10.3 Å². The van der Waals surface area contributed by atoms with E-state index in [2.05, 4.69) is 10.1 Å². The maximum absolute atomic E-state index is 13.5. The average Bonchev–Trinajstić information content (AvgIpc) is 3.06. The van der Waals surface area contributed by atoms with E-state index < -0.39 is 0 Å². The zero-order chi connectivity index (χ0) is 13.9. The Hall–Kier alpha value is -1.05. The van der Waals surface area contributed by atoms with Crippen molar-refractivity contribution >= 4 is 23.5 Å². The molecule has 7 heteroatoms. The zero-order valence-electron chi connectivity index (χ0n) is 10.7. The van der Waals surface area contributed by atoms with Crippen LogP contribution in [-0.4, -0.2) is 27.7 Å². The second-order valence-corrected chi connectivity index (χ2v) is 6.67. The van der Waals surface area contributed by atoms with Crippen molar-refractivity contribution in [2.75, 3.05) is 11.5 Å². The molecule has 1 aromatic heterocycles. The lowest BCUT2D eigenvalue weighted by molar-refractivity contribution is 0.349. The summed E-state index contributed by atoms with van der Waals surface area (Å²) in [6.45, 7) is 0. The molecule has 0 bridgehead atoms. The molecule has 1 fully saturated rings. The Morgan fingerprint density at radius 2 is 2.25 bits per heavy atom. The van der Waals surface area contributed by atoms with Crippen LogP contribution in [0, 0.1) is 5.82 Å². The molecule has 1 aromatic carbocycles. The zero-order valence-corrected chi connectivity index (χ0v) is 12.3. The van der Waals surface area contributed by atoms with Crippen molar-refractivity contribution in [2.45, 2.75) is 22.6 Å². The van der Waals surface area contributed by atoms with E-state index in [0.717, 1.165) is 11.5 Å². The molecule has 2 heterocycles. The first kappa shape index (κ1) is 13.9. The lowest BCUT2D eigenvalue weighted by atomic mass is 10.1. The molecule has 2 atom stereocenters. The molecule has 0 saturated carbocycles. The summed E-state index contributed by atoms with van der Waals surface area (Å²) in [4.78, 5) is 4.96. The lowest BCUT2D eigenvalue weighted by Crippen LogP contribution is -2.26. The summed E-state index contributed by atoms with van der Waals surface area (Å²) in [5.74, 6) is 3.42. The van der Waals surface area contributed by atoms with Gasteiger partial charge in [-0.2, -0.15) is 16.7 Å². The number of hydrogen-bond donors (Lipinski definition) is 1. The van der Waals surface area contributed by atoms with Gasteiger partial charge in [0.25, 0.3) is 0 Å². The Morgan fingerprint density at radius 3 is 3.00 bits per heavy atom. The third kappa shape index (κ3) is 2.99. The van der Waals surface area contributed by atoms with Gasteiger partial charge in [0.2, 0.25) is 5.89 Å². The standard InChI is InChI=1S/C13H14FN3OS2/c14-9-3-1-2-4-11(9)20-7-12-16-13(18-17-12)8-5-19-6-10(8)15/h1-4,8,10H,5-7,15H2. The van der Waals surface area contributed by atoms with Gasteiger partial charge in [-0.15, -0.1) is 11.8 Å². The SMILES string of the molecule is NC1CSCC1c1nc(CSc2ccccc2F)no1. The highest BCUT2D eigenvalue weighted by atomic mass is 32.2. The topological polar surface area (TPSA) is 64.9 Å². The van der Waals surface area contributed by atoms with Crippen LogP contribution in [0.4, 0.5) is 4.39 Å². The minimum atomic E-state index is -0.226. The number of hydrogen-bond acceptors (Lipinski definition) is 6. The van der Waals surface area contributed by atoms with Crippen LogP contribution in [0.15, 0.2) is 33.7 Å². The third-order valence-corrected chi connectivity index (χ3v) is 5.38. The average molecular weight is 311 g/mol. The predicted octanol–water partition coefficient (Wildman–Crippen LogP) is 2.66. The summed E-state index contributed by atoms with van der Waals surface area (Å²) in [5.41, 5.74) is 6.00. The number of benzene rings is 1. The first-order chi connectivity index (χ1) is 9.74. The number of aromatic nitrogens is 2. The number of halogens is 1. The summed E-state index contributed by atoms with van der Waals surface area (Å²) in [6.07, 6.45) is 0. The van der Waals surface area contributed by atoms with Gasteiger partial charge < -0.3 is 10.3 Å². The highest BCUT2D eigenvalue weighted by Gasteiger charge is 2.30. The van der Waals surface area contributed by atoms with Crippen molar-refractivity contribution in [3.8, 4) is 0 Å². The minimum absolute atomic E-state index is 0.0764. The second kappa shape index (κ2) is 6.15. The van der Waals surface area contributed by atoms with Crippen LogP contribution in [0.25, 0.3) is 0 Å². The third-order valence-electron chi connectivity index (χ3n) is 3.12. The molecule has 0 amide bonds. The summed E-state index contributed by atoms with van der Waals surface area (Å²) < 4.78 is 18.8. The van der Waals surface area contributed by atoms with E-state index in [9.17, 15) is 4.39 Å². The highest BCUT2D eigenvalue weighted by Crippen LogP contribution is 2.31. The van der Waals surface area contributed by atoms with Gasteiger partial charge in [0.15, 0.2) is 5.82 Å². The molecule has 1 saturated heterocycles. The summed E-state index contributed by atoms with van der Waals surface area (Å²) in [7, 11) is 0. The van der Waals surface area contributed by atoms with Crippen molar-refractivity contribution in [2.24, 2.45) is 5.73 Å². The normalized spacial score (nSPS) is 22.3. The monoisotopic (exact) mass is 311 g/mol. The van der Waals surface area contributed by atoms with Crippen LogP contribution in [0.3, 0.4) is 0 Å². The molecule has 0 radical (unpaired) electrons. The fraction of sp³-hybridized carbons (Fsp3) is 0.385. The van der Waals surface area contributed by atoms with Gasteiger partial charge in [0.05, 0.1) is 11.7 Å². The quantitative estimate of drug-likeness (QED) is 0.876. The Kier molecular flexibility index (Phi) is 4.28. The smallest absolute Gasteiger partial charge is 0.232 e. The van der Waals surface area contributed by atoms with E-state index in [1.54, 1.807) is 23.9 Å². The summed E-state index contributed by atoms with van der Waals surface area (Å²) >= 11 is 3.16. The van der Waals surface area contributed by atoms with Crippen LogP contribution in [0.2, 0.25) is 0 Å². The van der Waals surface area contributed by atoms with E-state index in [1.807, 2.05) is 6.07 Å². The van der Waals surface area contributed by atoms with Gasteiger partial charge in [-0.05, 0) is 12.1 Å². The molecule has 0 aliphatic carbocycles. The molecule has 1 aliphatic rings. The summed E-state index contributed by atoms with van der Waals surface area (Å²) in [5, 5.41) is 3.95. The molecule has 2 N–H and O–H groups in total. The van der Waals surface area contributed by atoms with E-state index >= 15 is 0 Å². The highest BCUT2D eigenvalue weighted by molar-refractivity contribution is 7.99. The van der Waals surface area contributed by atoms with Crippen molar-refractivity contribution in [1.29, 1.82) is 0 Å². The lowest BCUT2D eigenvalue weighted by Gasteiger charge is -2.07. The van der Waals surface area contributed by atoms with Gasteiger partial charge in [0.1, 0.15) is 5.82 Å². The molecule has 4 nitrogen and oxygen atoms in total. The molecule has 106 valence electrons. The van der Waals surface area contributed by atoms with Crippen LogP contribution in [0.5, 0.6) is 0 Å². The van der Waals surface area contributed by atoms with Crippen LogP contribution in [0.1, 0.15) is 17.6 Å². The maximum Gasteiger partial charge on any atom is 0.232 e. The first-order valence-electron chi connectivity index (χ1n) is 6.27. The Morgan fingerprint density at radius 1 is 1.40 bits per heavy atom. The van der Waals surface area contributed by atoms with Crippen LogP contribution in [-0.2, 0) is 5.75 Å². The molecular weight excluding hydrogens is 297 g/mol. The van der Waals surface area contributed by atoms with Gasteiger partial charge in [-0.25, -0.2) is 4.39 Å². The van der Waals surface area contributed by atoms with Gasteiger partial charge in [-0.3, -0.25) is 0 Å². The number of thioether (sulfide) groups is 2. The van der Waals surface area contributed by atoms with E-state index in [-0.39, 0.29) is 17.8 Å². The molecule has 2 unspecified atom stereocenters. The molecule has 20 heavy (non-hydrogen) atoms. The Balaban J connectivity index is 1.64. The van der Waals surface area contributed by atoms with Gasteiger partial charge in [-0.1, -0.05) is 17.3 Å². The van der Waals surface area contributed by atoms with Crippen molar-refractivity contribution < 1.29 is 8.91 Å². The molecule has 0 spiro atoms. The van der Waals surface area contributed by atoms with Crippen molar-refractivity contribution in [1.82, 2.24) is 10.1 Å². The number of nitrogens with two attached hydrogens (primary N) is 1. The largest absolute Gasteiger partial charge is 0.339 e. The molecular formula is C13H14FN3OS2. The van der Waals surface area contributed by atoms with Crippen molar-refractivity contribution in [3.05, 3.63) is 41.8 Å². The molecule has 1 aliphatic heterocycles. The molecule has 3 rings (SSSR count). The molecule has 2 aromatic rings. The van der Waals surface area contributed by atoms with E-state index in [1.165, 1.54) is 17.8 Å². The number of nitrogens with zero attached hydrogens (tertiary/aromatic N) is 2. The van der Waals surface area contributed by atoms with Crippen LogP contribution < -0.4 is 5.73 Å². The van der Waals surface area contributed by atoms with Crippen LogP contribution >= 0.6 is 23.5 Å². The fourth-order valence-corrected chi connectivity index (χ4v) is 4.07. The van der Waals surface area contributed by atoms with Crippen molar-refractivity contribution in [3.63, 3.8) is 0 Å². The van der Waals surface area contributed by atoms with Gasteiger partial charge in [0, 0.05) is 22.4 Å². The van der Waals surface area contributed by atoms with Gasteiger partial charge >= 0.3 is 0 Å². The second-order valence-electron chi connectivity index (χ2n) is 4.58. The summed E-state index contributed by atoms with van der Waals surface area (Å²) in [6, 6.07) is 6.74. The maximum atomic E-state index is 13.5. The Labute approximate surface area is 124 Å². The fourth-order valence-electron chi connectivity index (χ4n) is 2.01. The Bertz CT molecular complexity index is 593.